The number of benzene rings is 1. The Balaban J connectivity index is 1.99. The van der Waals surface area contributed by atoms with E-state index in [9.17, 15) is 0 Å². The first kappa shape index (κ1) is 10.1. The van der Waals surface area contributed by atoms with Crippen LogP contribution in [-0.4, -0.2) is 0 Å². The van der Waals surface area contributed by atoms with Gasteiger partial charge in [-0.15, -0.1) is 0 Å². The van der Waals surface area contributed by atoms with E-state index in [2.05, 4.69) is 24.3 Å². The van der Waals surface area contributed by atoms with E-state index in [0.717, 1.165) is 0 Å². The first-order chi connectivity index (χ1) is 7.95. The van der Waals surface area contributed by atoms with Crippen LogP contribution in [0.4, 0.5) is 0 Å². The molecule has 0 unspecified atom stereocenters. The highest BCUT2D eigenvalue weighted by Gasteiger charge is 2.14. The molecule has 16 heavy (non-hydrogen) atoms. The zero-order chi connectivity index (χ0) is 10.8. The minimum atomic E-state index is 1.18. The van der Waals surface area contributed by atoms with E-state index in [0.29, 0.717) is 0 Å². The molecular weight excluding hydrogens is 192 g/mol. The summed E-state index contributed by atoms with van der Waals surface area (Å²) in [6.45, 7) is 0. The first-order valence-electron chi connectivity index (χ1n) is 6.75. The Kier molecular flexibility index (Phi) is 2.82. The minimum Gasteiger partial charge on any atom is -0.0795 e. The predicted octanol–water partition coefficient (Wildman–Crippen LogP) is 4.31. The van der Waals surface area contributed by atoms with Gasteiger partial charge in [-0.25, -0.2) is 0 Å². The summed E-state index contributed by atoms with van der Waals surface area (Å²) in [5, 5.41) is 0. The summed E-state index contributed by atoms with van der Waals surface area (Å²) in [6, 6.07) is 4.71. The van der Waals surface area contributed by atoms with Crippen LogP contribution < -0.4 is 0 Å². The SMILES string of the molecule is C1=Cc2ccc3c(c2C1)CCCCCCC3. The summed E-state index contributed by atoms with van der Waals surface area (Å²) in [5.74, 6) is 0. The molecule has 0 fully saturated rings. The Hall–Kier alpha value is -1.04. The van der Waals surface area contributed by atoms with E-state index in [1.165, 1.54) is 56.9 Å². The zero-order valence-electron chi connectivity index (χ0n) is 9.97. The van der Waals surface area contributed by atoms with Gasteiger partial charge in [0, 0.05) is 0 Å². The lowest BCUT2D eigenvalue weighted by Gasteiger charge is -2.13. The van der Waals surface area contributed by atoms with Crippen LogP contribution in [0, 0.1) is 0 Å². The summed E-state index contributed by atoms with van der Waals surface area (Å²) in [6.07, 6.45) is 15.5. The smallest absolute Gasteiger partial charge is 0.00853 e. The van der Waals surface area contributed by atoms with E-state index < -0.39 is 0 Å². The normalized spacial score (nSPS) is 19.5. The van der Waals surface area contributed by atoms with Crippen molar-refractivity contribution in [1.29, 1.82) is 0 Å². The maximum absolute atomic E-state index is 2.38. The van der Waals surface area contributed by atoms with Crippen molar-refractivity contribution in [1.82, 2.24) is 0 Å². The highest BCUT2D eigenvalue weighted by Crippen LogP contribution is 2.29. The molecule has 0 saturated carbocycles. The Morgan fingerprint density at radius 3 is 2.50 bits per heavy atom. The average Bonchev–Trinajstić information content (AvgIpc) is 2.80. The molecule has 0 aliphatic heterocycles. The summed E-state index contributed by atoms with van der Waals surface area (Å²) < 4.78 is 0. The molecule has 84 valence electrons. The van der Waals surface area contributed by atoms with E-state index in [4.69, 9.17) is 0 Å². The number of aryl methyl sites for hydroxylation is 1. The van der Waals surface area contributed by atoms with Crippen molar-refractivity contribution in [2.24, 2.45) is 0 Å². The number of rotatable bonds is 0. The highest BCUT2D eigenvalue weighted by molar-refractivity contribution is 5.63. The van der Waals surface area contributed by atoms with Crippen LogP contribution in [0.2, 0.25) is 0 Å². The monoisotopic (exact) mass is 212 g/mol. The standard InChI is InChI=1S/C16H20/c1-2-4-7-13-11-12-14-8-6-10-16(14)15(13)9-5-3-1/h6,8,11-12H,1-5,7,9-10H2. The van der Waals surface area contributed by atoms with Gasteiger partial charge >= 0.3 is 0 Å². The van der Waals surface area contributed by atoms with Crippen LogP contribution in [0.15, 0.2) is 18.2 Å². The maximum atomic E-state index is 2.38. The fraction of sp³-hybridized carbons (Fsp3) is 0.500. The van der Waals surface area contributed by atoms with Crippen molar-refractivity contribution < 1.29 is 0 Å². The molecular formula is C16H20. The first-order valence-corrected chi connectivity index (χ1v) is 6.75. The van der Waals surface area contributed by atoms with Crippen molar-refractivity contribution in [2.45, 2.75) is 51.4 Å². The lowest BCUT2D eigenvalue weighted by molar-refractivity contribution is 0.629. The van der Waals surface area contributed by atoms with E-state index >= 15 is 0 Å². The van der Waals surface area contributed by atoms with Gasteiger partial charge in [0.2, 0.25) is 0 Å². The molecule has 0 nitrogen and oxygen atoms in total. The van der Waals surface area contributed by atoms with Crippen LogP contribution in [0.1, 0.15) is 54.4 Å². The third kappa shape index (κ3) is 1.81. The maximum Gasteiger partial charge on any atom is -0.00853 e. The largest absolute Gasteiger partial charge is 0.0795 e. The molecule has 0 atom stereocenters. The van der Waals surface area contributed by atoms with Gasteiger partial charge < -0.3 is 0 Å². The van der Waals surface area contributed by atoms with Crippen LogP contribution in [-0.2, 0) is 19.3 Å². The number of allylic oxidation sites excluding steroid dienone is 1. The second-order valence-corrected chi connectivity index (χ2v) is 5.15. The molecule has 0 bridgehead atoms. The molecule has 3 rings (SSSR count). The van der Waals surface area contributed by atoms with Crippen molar-refractivity contribution in [3.05, 3.63) is 40.5 Å². The summed E-state index contributed by atoms with van der Waals surface area (Å²) in [5.41, 5.74) is 6.46. The van der Waals surface area contributed by atoms with Gasteiger partial charge in [-0.05, 0) is 54.4 Å². The van der Waals surface area contributed by atoms with E-state index in [-0.39, 0.29) is 0 Å². The molecule has 0 aromatic heterocycles. The van der Waals surface area contributed by atoms with Gasteiger partial charge in [0.05, 0.1) is 0 Å². The van der Waals surface area contributed by atoms with E-state index in [1.807, 2.05) is 0 Å². The molecule has 0 radical (unpaired) electrons. The minimum absolute atomic E-state index is 1.18. The summed E-state index contributed by atoms with van der Waals surface area (Å²) in [4.78, 5) is 0. The number of fused-ring (bicyclic) bond motifs is 3. The zero-order valence-corrected chi connectivity index (χ0v) is 9.97. The van der Waals surface area contributed by atoms with Crippen LogP contribution in [0.25, 0.3) is 6.08 Å². The van der Waals surface area contributed by atoms with Gasteiger partial charge in [0.15, 0.2) is 0 Å². The Labute approximate surface area is 98.4 Å². The average molecular weight is 212 g/mol. The fourth-order valence-corrected chi connectivity index (χ4v) is 3.15. The molecule has 0 heterocycles. The Morgan fingerprint density at radius 2 is 1.56 bits per heavy atom. The molecule has 0 spiro atoms. The fourth-order valence-electron chi connectivity index (χ4n) is 3.15. The summed E-state index contributed by atoms with van der Waals surface area (Å²) >= 11 is 0. The quantitative estimate of drug-likeness (QED) is 0.601. The van der Waals surface area contributed by atoms with Crippen molar-refractivity contribution in [3.8, 4) is 0 Å². The van der Waals surface area contributed by atoms with Crippen LogP contribution in [0.3, 0.4) is 0 Å². The van der Waals surface area contributed by atoms with Gasteiger partial charge in [-0.3, -0.25) is 0 Å². The molecule has 2 aliphatic rings. The van der Waals surface area contributed by atoms with Crippen molar-refractivity contribution in [2.75, 3.05) is 0 Å². The molecule has 1 aromatic rings. The second-order valence-electron chi connectivity index (χ2n) is 5.15. The van der Waals surface area contributed by atoms with Crippen molar-refractivity contribution >= 4 is 6.08 Å². The number of hydrogen-bond acceptors (Lipinski definition) is 0. The predicted molar refractivity (Wildman–Crippen MR) is 69.7 cm³/mol. The molecule has 1 aromatic carbocycles. The summed E-state index contributed by atoms with van der Waals surface area (Å²) in [7, 11) is 0. The molecule has 0 saturated heterocycles. The second kappa shape index (κ2) is 4.45. The third-order valence-corrected chi connectivity index (χ3v) is 4.06. The topological polar surface area (TPSA) is 0 Å². The Bertz CT molecular complexity index is 412. The van der Waals surface area contributed by atoms with Gasteiger partial charge in [-0.1, -0.05) is 43.5 Å². The van der Waals surface area contributed by atoms with Crippen LogP contribution in [0.5, 0.6) is 0 Å². The molecule has 2 aliphatic carbocycles. The third-order valence-electron chi connectivity index (χ3n) is 4.06. The van der Waals surface area contributed by atoms with Crippen molar-refractivity contribution in [3.63, 3.8) is 0 Å². The van der Waals surface area contributed by atoms with Gasteiger partial charge in [0.1, 0.15) is 0 Å². The van der Waals surface area contributed by atoms with E-state index in [1.54, 1.807) is 16.7 Å². The molecule has 0 N–H and O–H groups in total. The molecule has 0 heteroatoms. The lowest BCUT2D eigenvalue weighted by atomic mass is 9.92. The molecule has 0 amide bonds. The lowest BCUT2D eigenvalue weighted by Crippen LogP contribution is -2.00. The van der Waals surface area contributed by atoms with Gasteiger partial charge in [-0.2, -0.15) is 0 Å². The van der Waals surface area contributed by atoms with Crippen LogP contribution >= 0.6 is 0 Å². The number of hydrogen-bond donors (Lipinski definition) is 0. The van der Waals surface area contributed by atoms with Gasteiger partial charge in [0.25, 0.3) is 0 Å². The Morgan fingerprint density at radius 1 is 0.750 bits per heavy atom. The highest BCUT2D eigenvalue weighted by atomic mass is 14.2.